The molecule has 0 N–H and O–H groups in total. The lowest BCUT2D eigenvalue weighted by molar-refractivity contribution is -0.135. The van der Waals surface area contributed by atoms with Crippen molar-refractivity contribution in [3.8, 4) is 0 Å². The van der Waals surface area contributed by atoms with Crippen LogP contribution in [-0.2, 0) is 9.59 Å². The number of unbranched alkanes of at least 4 members (excludes halogenated alkanes) is 4. The van der Waals surface area contributed by atoms with Crippen LogP contribution in [0.1, 0.15) is 58.8 Å². The average molecular weight is 241 g/mol. The molecule has 0 aliphatic rings. The zero-order chi connectivity index (χ0) is 13.3. The summed E-state index contributed by atoms with van der Waals surface area (Å²) in [7, 11) is 3.46. The van der Waals surface area contributed by atoms with Crippen LogP contribution in [0.5, 0.6) is 0 Å². The average Bonchev–Trinajstić information content (AvgIpc) is 2.27. The van der Waals surface area contributed by atoms with Crippen molar-refractivity contribution in [3.63, 3.8) is 0 Å². The van der Waals surface area contributed by atoms with Crippen molar-refractivity contribution >= 4 is 11.7 Å². The Bertz CT molecular complexity index is 236. The summed E-state index contributed by atoms with van der Waals surface area (Å²) in [5.74, 6) is 0.0988. The Morgan fingerprint density at radius 2 is 1.65 bits per heavy atom. The number of carbonyl (C=O) groups is 2. The zero-order valence-electron chi connectivity index (χ0n) is 11.8. The fourth-order valence-electron chi connectivity index (χ4n) is 1.90. The first-order valence-electron chi connectivity index (χ1n) is 6.71. The summed E-state index contributed by atoms with van der Waals surface area (Å²) in [6.45, 7) is 4.01. The first-order chi connectivity index (χ1) is 7.99. The highest BCUT2D eigenvalue weighted by Gasteiger charge is 2.17. The minimum absolute atomic E-state index is 0.0457. The van der Waals surface area contributed by atoms with Crippen LogP contribution in [0.3, 0.4) is 0 Å². The molecule has 0 saturated heterocycles. The third-order valence-electron chi connectivity index (χ3n) is 2.96. The standard InChI is InChI=1S/C14H27NO2/c1-5-6-7-8-9-10-13(16)11-12(2)14(17)15(3)4/h12H,5-11H2,1-4H3. The number of rotatable bonds is 9. The van der Waals surface area contributed by atoms with Gasteiger partial charge in [0.25, 0.3) is 0 Å². The van der Waals surface area contributed by atoms with Gasteiger partial charge in [-0.15, -0.1) is 0 Å². The fourth-order valence-corrected chi connectivity index (χ4v) is 1.90. The number of ketones is 1. The van der Waals surface area contributed by atoms with Crippen molar-refractivity contribution in [1.82, 2.24) is 4.90 Å². The molecule has 0 saturated carbocycles. The minimum atomic E-state index is -0.173. The van der Waals surface area contributed by atoms with Crippen LogP contribution in [0.25, 0.3) is 0 Å². The molecule has 0 rings (SSSR count). The van der Waals surface area contributed by atoms with Gasteiger partial charge in [0.05, 0.1) is 0 Å². The molecule has 3 nitrogen and oxygen atoms in total. The Balaban J connectivity index is 3.68. The van der Waals surface area contributed by atoms with E-state index in [2.05, 4.69) is 6.92 Å². The molecule has 3 heteroatoms. The number of Topliss-reactive ketones (excluding diaryl/α,β-unsaturated/α-hetero) is 1. The molecule has 100 valence electrons. The number of hydrogen-bond donors (Lipinski definition) is 0. The SMILES string of the molecule is CCCCCCCC(=O)CC(C)C(=O)N(C)C. The summed E-state index contributed by atoms with van der Waals surface area (Å²) in [4.78, 5) is 24.8. The summed E-state index contributed by atoms with van der Waals surface area (Å²) in [6.07, 6.45) is 6.83. The van der Waals surface area contributed by atoms with Crippen LogP contribution in [0.4, 0.5) is 0 Å². The van der Waals surface area contributed by atoms with E-state index >= 15 is 0 Å². The second-order valence-corrected chi connectivity index (χ2v) is 5.04. The molecule has 0 aromatic rings. The first kappa shape index (κ1) is 16.1. The van der Waals surface area contributed by atoms with Gasteiger partial charge in [-0.3, -0.25) is 9.59 Å². The van der Waals surface area contributed by atoms with E-state index in [0.29, 0.717) is 12.8 Å². The Hall–Kier alpha value is -0.860. The van der Waals surface area contributed by atoms with E-state index < -0.39 is 0 Å². The lowest BCUT2D eigenvalue weighted by Gasteiger charge is -2.15. The van der Waals surface area contributed by atoms with Gasteiger partial charge in [0.1, 0.15) is 5.78 Å². The Morgan fingerprint density at radius 1 is 1.06 bits per heavy atom. The Kier molecular flexibility index (Phi) is 8.73. The van der Waals surface area contributed by atoms with Crippen LogP contribution in [0.2, 0.25) is 0 Å². The van der Waals surface area contributed by atoms with E-state index in [4.69, 9.17) is 0 Å². The number of hydrogen-bond acceptors (Lipinski definition) is 2. The maximum Gasteiger partial charge on any atom is 0.225 e. The van der Waals surface area contributed by atoms with E-state index in [1.807, 2.05) is 6.92 Å². The van der Waals surface area contributed by atoms with Crippen LogP contribution >= 0.6 is 0 Å². The Labute approximate surface area is 106 Å². The second kappa shape index (κ2) is 9.20. The molecule has 0 aliphatic carbocycles. The van der Waals surface area contributed by atoms with Crippen molar-refractivity contribution in [2.75, 3.05) is 14.1 Å². The molecule has 0 heterocycles. The van der Waals surface area contributed by atoms with E-state index in [1.165, 1.54) is 19.3 Å². The summed E-state index contributed by atoms with van der Waals surface area (Å²) in [5, 5.41) is 0. The van der Waals surface area contributed by atoms with Gasteiger partial charge in [0.2, 0.25) is 5.91 Å². The van der Waals surface area contributed by atoms with Gasteiger partial charge in [-0.2, -0.15) is 0 Å². The molecule has 0 spiro atoms. The molecular formula is C14H27NO2. The molecule has 0 aliphatic heterocycles. The third kappa shape index (κ3) is 7.94. The predicted molar refractivity (Wildman–Crippen MR) is 70.9 cm³/mol. The highest BCUT2D eigenvalue weighted by atomic mass is 16.2. The van der Waals surface area contributed by atoms with Crippen molar-refractivity contribution in [3.05, 3.63) is 0 Å². The normalized spacial score (nSPS) is 12.2. The molecule has 0 radical (unpaired) electrons. The maximum absolute atomic E-state index is 11.6. The van der Waals surface area contributed by atoms with Gasteiger partial charge in [0.15, 0.2) is 0 Å². The minimum Gasteiger partial charge on any atom is -0.349 e. The van der Waals surface area contributed by atoms with E-state index in [1.54, 1.807) is 19.0 Å². The second-order valence-electron chi connectivity index (χ2n) is 5.04. The fraction of sp³-hybridized carbons (Fsp3) is 0.857. The van der Waals surface area contributed by atoms with Crippen LogP contribution < -0.4 is 0 Å². The van der Waals surface area contributed by atoms with Gasteiger partial charge in [0, 0.05) is 32.9 Å². The third-order valence-corrected chi connectivity index (χ3v) is 2.96. The van der Waals surface area contributed by atoms with Crippen molar-refractivity contribution in [2.45, 2.75) is 58.8 Å². The predicted octanol–water partition coefficient (Wildman–Crippen LogP) is 3.03. The van der Waals surface area contributed by atoms with Crippen LogP contribution in [0.15, 0.2) is 0 Å². The highest BCUT2D eigenvalue weighted by molar-refractivity contribution is 5.86. The molecule has 1 unspecified atom stereocenters. The number of carbonyl (C=O) groups excluding carboxylic acids is 2. The van der Waals surface area contributed by atoms with E-state index in [-0.39, 0.29) is 17.6 Å². The lowest BCUT2D eigenvalue weighted by atomic mass is 9.99. The maximum atomic E-state index is 11.6. The van der Waals surface area contributed by atoms with Gasteiger partial charge in [-0.25, -0.2) is 0 Å². The molecule has 0 fully saturated rings. The molecular weight excluding hydrogens is 214 g/mol. The summed E-state index contributed by atoms with van der Waals surface area (Å²) >= 11 is 0. The zero-order valence-corrected chi connectivity index (χ0v) is 11.8. The molecule has 1 atom stereocenters. The van der Waals surface area contributed by atoms with Crippen LogP contribution in [0, 0.1) is 5.92 Å². The molecule has 1 amide bonds. The lowest BCUT2D eigenvalue weighted by Crippen LogP contribution is -2.29. The molecule has 17 heavy (non-hydrogen) atoms. The summed E-state index contributed by atoms with van der Waals surface area (Å²) in [5.41, 5.74) is 0. The van der Waals surface area contributed by atoms with Crippen molar-refractivity contribution < 1.29 is 9.59 Å². The van der Waals surface area contributed by atoms with Crippen molar-refractivity contribution in [2.24, 2.45) is 5.92 Å². The topological polar surface area (TPSA) is 37.4 Å². The largest absolute Gasteiger partial charge is 0.349 e. The van der Waals surface area contributed by atoms with E-state index in [0.717, 1.165) is 12.8 Å². The van der Waals surface area contributed by atoms with Gasteiger partial charge >= 0.3 is 0 Å². The monoisotopic (exact) mass is 241 g/mol. The van der Waals surface area contributed by atoms with Crippen molar-refractivity contribution in [1.29, 1.82) is 0 Å². The van der Waals surface area contributed by atoms with Gasteiger partial charge in [-0.1, -0.05) is 39.5 Å². The highest BCUT2D eigenvalue weighted by Crippen LogP contribution is 2.11. The quantitative estimate of drug-likeness (QED) is 0.582. The van der Waals surface area contributed by atoms with Gasteiger partial charge in [-0.05, 0) is 6.42 Å². The number of nitrogens with zero attached hydrogens (tertiary/aromatic N) is 1. The molecule has 0 aromatic carbocycles. The Morgan fingerprint density at radius 3 is 2.18 bits per heavy atom. The van der Waals surface area contributed by atoms with E-state index in [9.17, 15) is 9.59 Å². The number of amides is 1. The summed E-state index contributed by atoms with van der Waals surface area (Å²) < 4.78 is 0. The summed E-state index contributed by atoms with van der Waals surface area (Å²) in [6, 6.07) is 0. The molecule has 0 bridgehead atoms. The van der Waals surface area contributed by atoms with Gasteiger partial charge < -0.3 is 4.90 Å². The smallest absolute Gasteiger partial charge is 0.225 e. The first-order valence-corrected chi connectivity index (χ1v) is 6.71. The van der Waals surface area contributed by atoms with Crippen LogP contribution in [-0.4, -0.2) is 30.7 Å². The molecule has 0 aromatic heterocycles.